The molecule has 0 saturated heterocycles. The molecule has 27 heavy (non-hydrogen) atoms. The van der Waals surface area contributed by atoms with E-state index in [0.29, 0.717) is 17.6 Å². The first kappa shape index (κ1) is 17.0. The number of ether oxygens (including phenoxy) is 1. The third kappa shape index (κ3) is 4.24. The Morgan fingerprint density at radius 3 is 2.85 bits per heavy atom. The lowest BCUT2D eigenvalue weighted by atomic mass is 10.2. The van der Waals surface area contributed by atoms with E-state index in [-0.39, 0.29) is 0 Å². The lowest BCUT2D eigenvalue weighted by Crippen LogP contribution is -2.02. The fourth-order valence-corrected chi connectivity index (χ4v) is 3.09. The van der Waals surface area contributed by atoms with E-state index in [2.05, 4.69) is 25.0 Å². The second kappa shape index (κ2) is 7.46. The highest BCUT2D eigenvalue weighted by Crippen LogP contribution is 2.25. The maximum Gasteiger partial charge on any atom is 0.230 e. The predicted octanol–water partition coefficient (Wildman–Crippen LogP) is 4.20. The summed E-state index contributed by atoms with van der Waals surface area (Å²) in [7, 11) is -1.14. The van der Waals surface area contributed by atoms with E-state index in [4.69, 9.17) is 4.74 Å². The van der Waals surface area contributed by atoms with Gasteiger partial charge in [-0.3, -0.25) is 0 Å². The van der Waals surface area contributed by atoms with Crippen LogP contribution in [-0.2, 0) is 11.0 Å². The summed E-state index contributed by atoms with van der Waals surface area (Å²) in [5.74, 6) is 1.54. The van der Waals surface area contributed by atoms with Gasteiger partial charge in [-0.25, -0.2) is 9.19 Å². The van der Waals surface area contributed by atoms with Crippen molar-refractivity contribution in [3.63, 3.8) is 0 Å². The van der Waals surface area contributed by atoms with Crippen molar-refractivity contribution in [2.45, 2.75) is 0 Å². The van der Waals surface area contributed by atoms with Gasteiger partial charge in [-0.1, -0.05) is 6.07 Å². The van der Waals surface area contributed by atoms with Gasteiger partial charge in [0.25, 0.3) is 0 Å². The molecule has 0 fully saturated rings. The van der Waals surface area contributed by atoms with Crippen LogP contribution in [-0.4, -0.2) is 25.4 Å². The molecule has 1 unspecified atom stereocenters. The fraction of sp³-hybridized carbons (Fsp3) is 0.0526. The van der Waals surface area contributed by atoms with Crippen molar-refractivity contribution in [1.29, 1.82) is 0 Å². The first-order chi connectivity index (χ1) is 13.2. The van der Waals surface area contributed by atoms with Crippen LogP contribution in [0.4, 0.5) is 17.3 Å². The quantitative estimate of drug-likeness (QED) is 0.467. The average molecular weight is 379 g/mol. The zero-order valence-electron chi connectivity index (χ0n) is 14.5. The van der Waals surface area contributed by atoms with Gasteiger partial charge in [0.1, 0.15) is 16.7 Å². The van der Waals surface area contributed by atoms with Gasteiger partial charge in [-0.05, 0) is 42.5 Å². The molecule has 8 heteroatoms. The Hall–Kier alpha value is -3.39. The molecule has 0 aliphatic heterocycles. The standard InChI is InChI=1S/C19H17N5O2S/c1-27(25)24-15-4-2-3-14(12-15)22-19-21-10-8-18(23-19)26-16-5-6-17-13(11-16)7-9-20-17/h2-12,20,24H,1H3,(H,21,22,23). The smallest absolute Gasteiger partial charge is 0.230 e. The molecule has 0 radical (unpaired) electrons. The van der Waals surface area contributed by atoms with E-state index < -0.39 is 11.0 Å². The predicted molar refractivity (Wildman–Crippen MR) is 108 cm³/mol. The summed E-state index contributed by atoms with van der Waals surface area (Å²) >= 11 is 0. The minimum absolute atomic E-state index is 0.407. The second-order valence-corrected chi connectivity index (χ2v) is 6.92. The summed E-state index contributed by atoms with van der Waals surface area (Å²) in [5, 5.41) is 4.19. The summed E-state index contributed by atoms with van der Waals surface area (Å²) in [4.78, 5) is 11.8. The first-order valence-corrected chi connectivity index (χ1v) is 9.77. The number of hydrogen-bond donors (Lipinski definition) is 3. The van der Waals surface area contributed by atoms with Crippen molar-refractivity contribution in [3.05, 3.63) is 67.0 Å². The molecule has 2 aromatic heterocycles. The number of anilines is 3. The van der Waals surface area contributed by atoms with Crippen LogP contribution < -0.4 is 14.8 Å². The Morgan fingerprint density at radius 2 is 1.96 bits per heavy atom. The van der Waals surface area contributed by atoms with Crippen LogP contribution in [0.3, 0.4) is 0 Å². The summed E-state index contributed by atoms with van der Waals surface area (Å²) in [6.45, 7) is 0. The summed E-state index contributed by atoms with van der Waals surface area (Å²) in [5.41, 5.74) is 2.57. The lowest BCUT2D eigenvalue weighted by Gasteiger charge is -2.09. The molecule has 2 heterocycles. The van der Waals surface area contributed by atoms with Crippen molar-refractivity contribution in [2.75, 3.05) is 16.3 Å². The van der Waals surface area contributed by atoms with Crippen LogP contribution in [0.25, 0.3) is 10.9 Å². The van der Waals surface area contributed by atoms with Crippen LogP contribution in [0.1, 0.15) is 0 Å². The zero-order valence-corrected chi connectivity index (χ0v) is 15.3. The number of H-pyrrole nitrogens is 1. The monoisotopic (exact) mass is 379 g/mol. The van der Waals surface area contributed by atoms with E-state index >= 15 is 0 Å². The van der Waals surface area contributed by atoms with Crippen LogP contribution in [0.5, 0.6) is 11.6 Å². The number of benzene rings is 2. The van der Waals surface area contributed by atoms with Crippen LogP contribution in [0.15, 0.2) is 67.0 Å². The minimum Gasteiger partial charge on any atom is -0.439 e. The molecule has 0 aliphatic carbocycles. The molecule has 0 amide bonds. The lowest BCUT2D eigenvalue weighted by molar-refractivity contribution is 0.463. The molecule has 1 atom stereocenters. The van der Waals surface area contributed by atoms with Gasteiger partial charge in [0.15, 0.2) is 0 Å². The largest absolute Gasteiger partial charge is 0.439 e. The van der Waals surface area contributed by atoms with E-state index in [1.165, 1.54) is 0 Å². The number of nitrogens with zero attached hydrogens (tertiary/aromatic N) is 2. The molecule has 4 rings (SSSR count). The Labute approximate surface area is 158 Å². The first-order valence-electron chi connectivity index (χ1n) is 8.21. The highest BCUT2D eigenvalue weighted by atomic mass is 32.2. The van der Waals surface area contributed by atoms with Crippen LogP contribution in [0, 0.1) is 0 Å². The molecular weight excluding hydrogens is 362 g/mol. The molecule has 136 valence electrons. The number of aromatic amines is 1. The van der Waals surface area contributed by atoms with Crippen molar-refractivity contribution in [3.8, 4) is 11.6 Å². The van der Waals surface area contributed by atoms with E-state index in [0.717, 1.165) is 22.3 Å². The average Bonchev–Trinajstić information content (AvgIpc) is 3.09. The highest BCUT2D eigenvalue weighted by Gasteiger charge is 2.05. The van der Waals surface area contributed by atoms with Crippen molar-refractivity contribution < 1.29 is 8.95 Å². The van der Waals surface area contributed by atoms with Crippen LogP contribution >= 0.6 is 0 Å². The van der Waals surface area contributed by atoms with Crippen molar-refractivity contribution in [1.82, 2.24) is 15.0 Å². The van der Waals surface area contributed by atoms with Gasteiger partial charge in [-0.2, -0.15) is 4.98 Å². The van der Waals surface area contributed by atoms with Crippen molar-refractivity contribution >= 4 is 39.2 Å². The number of rotatable bonds is 6. The molecular formula is C19H17N5O2S. The normalized spacial score (nSPS) is 11.9. The Kier molecular flexibility index (Phi) is 4.71. The minimum atomic E-state index is -1.14. The highest BCUT2D eigenvalue weighted by molar-refractivity contribution is 7.85. The van der Waals surface area contributed by atoms with E-state index in [1.54, 1.807) is 18.5 Å². The van der Waals surface area contributed by atoms with Gasteiger partial charge < -0.3 is 19.8 Å². The molecule has 0 aliphatic rings. The maximum absolute atomic E-state index is 11.3. The summed E-state index contributed by atoms with van der Waals surface area (Å²) in [6, 6.07) is 16.9. The molecule has 0 bridgehead atoms. The molecule has 2 aromatic carbocycles. The third-order valence-corrected chi connectivity index (χ3v) is 4.28. The van der Waals surface area contributed by atoms with Crippen LogP contribution in [0.2, 0.25) is 0 Å². The van der Waals surface area contributed by atoms with Gasteiger partial charge in [0.05, 0.1) is 0 Å². The number of nitrogens with one attached hydrogen (secondary N) is 3. The number of hydrogen-bond acceptors (Lipinski definition) is 5. The van der Waals surface area contributed by atoms with Crippen molar-refractivity contribution in [2.24, 2.45) is 0 Å². The van der Waals surface area contributed by atoms with E-state index in [9.17, 15) is 4.21 Å². The van der Waals surface area contributed by atoms with Gasteiger partial charge in [0, 0.05) is 47.0 Å². The van der Waals surface area contributed by atoms with Gasteiger partial charge in [0.2, 0.25) is 11.8 Å². The van der Waals surface area contributed by atoms with Gasteiger partial charge in [-0.15, -0.1) is 0 Å². The fourth-order valence-electron chi connectivity index (χ4n) is 2.63. The second-order valence-electron chi connectivity index (χ2n) is 5.81. The SMILES string of the molecule is CS(=O)Nc1cccc(Nc2nccc(Oc3ccc4[nH]ccc4c3)n2)c1. The number of fused-ring (bicyclic) bond motifs is 1. The Balaban J connectivity index is 1.51. The summed E-state index contributed by atoms with van der Waals surface area (Å²) < 4.78 is 20.0. The number of aromatic nitrogens is 3. The molecule has 4 aromatic rings. The Bertz CT molecular complexity index is 1110. The third-order valence-electron chi connectivity index (χ3n) is 3.76. The maximum atomic E-state index is 11.3. The summed E-state index contributed by atoms with van der Waals surface area (Å²) in [6.07, 6.45) is 5.09. The molecule has 0 saturated carbocycles. The van der Waals surface area contributed by atoms with Gasteiger partial charge >= 0.3 is 0 Å². The zero-order chi connectivity index (χ0) is 18.6. The topological polar surface area (TPSA) is 91.9 Å². The Morgan fingerprint density at radius 1 is 1.07 bits per heavy atom. The molecule has 7 nitrogen and oxygen atoms in total. The van der Waals surface area contributed by atoms with E-state index in [1.807, 2.05) is 54.7 Å². The molecule has 0 spiro atoms. The molecule has 3 N–H and O–H groups in total.